The molecule has 1 aromatic rings. The number of ether oxygens (including phenoxy) is 2. The molecular weight excluding hydrogens is 322 g/mol. The van der Waals surface area contributed by atoms with E-state index < -0.39 is 0 Å². The van der Waals surface area contributed by atoms with Crippen LogP contribution >= 0.6 is 11.6 Å². The summed E-state index contributed by atoms with van der Waals surface area (Å²) in [6.45, 7) is 1.57. The van der Waals surface area contributed by atoms with E-state index in [1.807, 2.05) is 0 Å². The molecule has 128 valence electrons. The topological polar surface area (TPSA) is 88.7 Å². The van der Waals surface area contributed by atoms with Crippen molar-refractivity contribution in [1.29, 1.82) is 0 Å². The summed E-state index contributed by atoms with van der Waals surface area (Å²) in [5.41, 5.74) is 0.498. The zero-order valence-electron chi connectivity index (χ0n) is 13.3. The van der Waals surface area contributed by atoms with Gasteiger partial charge in [0, 0.05) is 31.6 Å². The molecule has 0 radical (unpaired) electrons. The van der Waals surface area contributed by atoms with E-state index in [4.69, 9.17) is 21.1 Å². The molecule has 0 unspecified atom stereocenters. The lowest BCUT2D eigenvalue weighted by atomic mass is 10.2. The Labute approximate surface area is 140 Å². The quantitative estimate of drug-likeness (QED) is 0.552. The summed E-state index contributed by atoms with van der Waals surface area (Å²) in [5, 5.41) is 8.77. The molecule has 0 atom stereocenters. The van der Waals surface area contributed by atoms with Gasteiger partial charge in [0.15, 0.2) is 0 Å². The molecule has 0 aliphatic carbocycles. The molecule has 3 N–H and O–H groups in total. The average molecular weight is 344 g/mol. The van der Waals surface area contributed by atoms with Gasteiger partial charge in [-0.3, -0.25) is 9.59 Å². The highest BCUT2D eigenvalue weighted by molar-refractivity contribution is 6.31. The Morgan fingerprint density at radius 2 is 1.96 bits per heavy atom. The average Bonchev–Trinajstić information content (AvgIpc) is 2.52. The van der Waals surface area contributed by atoms with Crippen LogP contribution in [-0.4, -0.2) is 52.3 Å². The molecule has 8 heteroatoms. The largest absolute Gasteiger partial charge is 0.495 e. The first-order valence-corrected chi connectivity index (χ1v) is 7.54. The zero-order chi connectivity index (χ0) is 17.1. The predicted molar refractivity (Wildman–Crippen MR) is 89.0 cm³/mol. The number of carbonyl (C=O) groups is 2. The Kier molecular flexibility index (Phi) is 9.04. The minimum atomic E-state index is -0.238. The second-order valence-corrected chi connectivity index (χ2v) is 5.10. The fourth-order valence-electron chi connectivity index (χ4n) is 1.74. The molecule has 0 aromatic heterocycles. The van der Waals surface area contributed by atoms with Crippen LogP contribution in [0, 0.1) is 0 Å². The van der Waals surface area contributed by atoms with Crippen LogP contribution in [0.1, 0.15) is 6.42 Å². The number of methoxy groups -OCH3 is 2. The second kappa shape index (κ2) is 10.8. The van der Waals surface area contributed by atoms with Crippen molar-refractivity contribution in [1.82, 2.24) is 10.6 Å². The Hall–Kier alpha value is -1.83. The normalized spacial score (nSPS) is 10.2. The van der Waals surface area contributed by atoms with Gasteiger partial charge in [0.05, 0.1) is 25.9 Å². The van der Waals surface area contributed by atoms with Crippen molar-refractivity contribution >= 4 is 29.1 Å². The molecule has 0 bridgehead atoms. The summed E-state index contributed by atoms with van der Waals surface area (Å²) < 4.78 is 10.00. The SMILES string of the molecule is COCCNCC(=O)NCCC(=O)Nc1cc(Cl)ccc1OC. The minimum absolute atomic E-state index is 0.152. The van der Waals surface area contributed by atoms with Gasteiger partial charge in [-0.05, 0) is 18.2 Å². The van der Waals surface area contributed by atoms with Gasteiger partial charge in [-0.25, -0.2) is 0 Å². The van der Waals surface area contributed by atoms with Gasteiger partial charge in [-0.2, -0.15) is 0 Å². The Balaban J connectivity index is 2.29. The van der Waals surface area contributed by atoms with E-state index in [0.29, 0.717) is 29.6 Å². The third-order valence-corrected chi connectivity index (χ3v) is 3.11. The Morgan fingerprint density at radius 3 is 2.65 bits per heavy atom. The Bertz CT molecular complexity index is 525. The predicted octanol–water partition coefficient (Wildman–Crippen LogP) is 1.03. The first-order valence-electron chi connectivity index (χ1n) is 7.16. The van der Waals surface area contributed by atoms with Crippen LogP contribution in [0.25, 0.3) is 0 Å². The monoisotopic (exact) mass is 343 g/mol. The van der Waals surface area contributed by atoms with E-state index in [1.165, 1.54) is 7.11 Å². The van der Waals surface area contributed by atoms with Gasteiger partial charge in [-0.1, -0.05) is 11.6 Å². The molecule has 1 aromatic carbocycles. The maximum atomic E-state index is 11.9. The maximum Gasteiger partial charge on any atom is 0.233 e. The third-order valence-electron chi connectivity index (χ3n) is 2.88. The fraction of sp³-hybridized carbons (Fsp3) is 0.467. The molecular formula is C15H22ClN3O4. The summed E-state index contributed by atoms with van der Waals surface area (Å²) in [7, 11) is 3.10. The van der Waals surface area contributed by atoms with E-state index in [2.05, 4.69) is 16.0 Å². The number of amides is 2. The van der Waals surface area contributed by atoms with Gasteiger partial charge < -0.3 is 25.4 Å². The highest BCUT2D eigenvalue weighted by Gasteiger charge is 2.09. The zero-order valence-corrected chi connectivity index (χ0v) is 14.0. The first kappa shape index (κ1) is 19.2. The summed E-state index contributed by atoms with van der Waals surface area (Å²) in [6, 6.07) is 4.95. The second-order valence-electron chi connectivity index (χ2n) is 4.66. The highest BCUT2D eigenvalue weighted by atomic mass is 35.5. The number of nitrogens with one attached hydrogen (secondary N) is 3. The third kappa shape index (κ3) is 7.83. The molecule has 23 heavy (non-hydrogen) atoms. The van der Waals surface area contributed by atoms with Crippen LogP contribution < -0.4 is 20.7 Å². The van der Waals surface area contributed by atoms with Crippen LogP contribution in [0.5, 0.6) is 5.75 Å². The van der Waals surface area contributed by atoms with E-state index in [1.54, 1.807) is 25.3 Å². The fourth-order valence-corrected chi connectivity index (χ4v) is 1.92. The first-order chi connectivity index (χ1) is 11.1. The lowest BCUT2D eigenvalue weighted by Gasteiger charge is -2.11. The molecule has 0 saturated carbocycles. The molecule has 0 aliphatic heterocycles. The van der Waals surface area contributed by atoms with Crippen molar-refractivity contribution in [2.24, 2.45) is 0 Å². The van der Waals surface area contributed by atoms with Crippen LogP contribution in [0.3, 0.4) is 0 Å². The summed E-state index contributed by atoms with van der Waals surface area (Å²) in [6.07, 6.45) is 0.152. The van der Waals surface area contributed by atoms with Crippen LogP contribution in [-0.2, 0) is 14.3 Å². The van der Waals surface area contributed by atoms with Gasteiger partial charge in [0.2, 0.25) is 11.8 Å². The van der Waals surface area contributed by atoms with Crippen molar-refractivity contribution in [2.75, 3.05) is 45.8 Å². The van der Waals surface area contributed by atoms with Crippen molar-refractivity contribution < 1.29 is 19.1 Å². The lowest BCUT2D eigenvalue weighted by molar-refractivity contribution is -0.120. The Morgan fingerprint density at radius 1 is 1.17 bits per heavy atom. The molecule has 0 fully saturated rings. The molecule has 1 rings (SSSR count). The van der Waals surface area contributed by atoms with Crippen molar-refractivity contribution in [3.8, 4) is 5.75 Å². The van der Waals surface area contributed by atoms with Crippen molar-refractivity contribution in [3.63, 3.8) is 0 Å². The van der Waals surface area contributed by atoms with E-state index in [-0.39, 0.29) is 31.3 Å². The highest BCUT2D eigenvalue weighted by Crippen LogP contribution is 2.27. The lowest BCUT2D eigenvalue weighted by Crippen LogP contribution is -2.36. The van der Waals surface area contributed by atoms with Gasteiger partial charge >= 0.3 is 0 Å². The molecule has 0 aliphatic rings. The number of carbonyl (C=O) groups excluding carboxylic acids is 2. The number of halogens is 1. The summed E-state index contributed by atoms with van der Waals surface area (Å²) >= 11 is 5.89. The number of hydrogen-bond donors (Lipinski definition) is 3. The molecule has 7 nitrogen and oxygen atoms in total. The molecule has 0 heterocycles. The van der Waals surface area contributed by atoms with Gasteiger partial charge in [0.1, 0.15) is 5.75 Å². The van der Waals surface area contributed by atoms with Crippen molar-refractivity contribution in [3.05, 3.63) is 23.2 Å². The molecule has 0 spiro atoms. The van der Waals surface area contributed by atoms with E-state index >= 15 is 0 Å². The van der Waals surface area contributed by atoms with Crippen LogP contribution in [0.2, 0.25) is 5.02 Å². The standard InChI is InChI=1S/C15H22ClN3O4/c1-22-8-7-17-10-15(21)18-6-5-14(20)19-12-9-11(16)3-4-13(12)23-2/h3-4,9,17H,5-8,10H2,1-2H3,(H,18,21)(H,19,20). The van der Waals surface area contributed by atoms with Gasteiger partial charge in [-0.15, -0.1) is 0 Å². The number of rotatable bonds is 10. The smallest absolute Gasteiger partial charge is 0.233 e. The van der Waals surface area contributed by atoms with E-state index in [0.717, 1.165) is 0 Å². The maximum absolute atomic E-state index is 11.9. The van der Waals surface area contributed by atoms with Crippen molar-refractivity contribution in [2.45, 2.75) is 6.42 Å². The number of hydrogen-bond acceptors (Lipinski definition) is 5. The van der Waals surface area contributed by atoms with Crippen LogP contribution in [0.4, 0.5) is 5.69 Å². The molecule has 2 amide bonds. The van der Waals surface area contributed by atoms with E-state index in [9.17, 15) is 9.59 Å². The van der Waals surface area contributed by atoms with Crippen LogP contribution in [0.15, 0.2) is 18.2 Å². The number of benzene rings is 1. The van der Waals surface area contributed by atoms with Gasteiger partial charge in [0.25, 0.3) is 0 Å². The summed E-state index contributed by atoms with van der Waals surface area (Å²) in [4.78, 5) is 23.4. The number of anilines is 1. The summed E-state index contributed by atoms with van der Waals surface area (Å²) in [5.74, 6) is 0.113. The molecule has 0 saturated heterocycles. The minimum Gasteiger partial charge on any atom is -0.495 e.